The molecule has 0 N–H and O–H groups in total. The van der Waals surface area contributed by atoms with Crippen molar-refractivity contribution in [2.24, 2.45) is 0 Å². The zero-order valence-electron chi connectivity index (χ0n) is 19.2. The topological polar surface area (TPSA) is 27.1 Å². The fraction of sp³-hybridized carbons (Fsp3) is 0.667. The minimum absolute atomic E-state index is 0.362. The molecule has 5 heteroatoms. The SMILES string of the molecule is CC.CCc1cc(Cl)ccc1-n1c(CC)bnc1C1CCC(O[C@H](C)CC)CC1. The molecule has 1 heterocycles. The molecular weight excluding hydrogens is 379 g/mol. The normalized spacial score (nSPS) is 20.0. The Morgan fingerprint density at radius 1 is 1.14 bits per heavy atom. The fourth-order valence-electron chi connectivity index (χ4n) is 4.16. The van der Waals surface area contributed by atoms with Crippen LogP contribution in [0.4, 0.5) is 0 Å². The number of hydrogen-bond acceptors (Lipinski definition) is 2. The molecule has 29 heavy (non-hydrogen) atoms. The Hall–Kier alpha value is -1.13. The molecule has 0 unspecified atom stereocenters. The molecule has 1 aliphatic rings. The Kier molecular flexibility index (Phi) is 9.91. The number of nitrogens with zero attached hydrogens (tertiary/aromatic N) is 2. The van der Waals surface area contributed by atoms with Gasteiger partial charge in [0.05, 0.1) is 0 Å². The average Bonchev–Trinajstić information content (AvgIpc) is 3.19. The van der Waals surface area contributed by atoms with Crippen LogP contribution in [0.15, 0.2) is 18.2 Å². The van der Waals surface area contributed by atoms with Crippen molar-refractivity contribution in [1.29, 1.82) is 0 Å². The molecule has 2 aromatic rings. The molecular formula is C24H38BClN2O. The monoisotopic (exact) mass is 416 g/mol. The summed E-state index contributed by atoms with van der Waals surface area (Å²) in [5.74, 6) is 1.72. The van der Waals surface area contributed by atoms with Gasteiger partial charge in [-0.25, -0.2) is 0 Å². The predicted octanol–water partition coefficient (Wildman–Crippen LogP) is 6.86. The van der Waals surface area contributed by atoms with Crippen LogP contribution in [-0.4, -0.2) is 28.7 Å². The van der Waals surface area contributed by atoms with Crippen molar-refractivity contribution in [2.45, 2.75) is 105 Å². The Bertz CT molecular complexity index is 753. The van der Waals surface area contributed by atoms with Gasteiger partial charge in [-0.05, 0) is 0 Å². The molecule has 3 rings (SSSR count). The summed E-state index contributed by atoms with van der Waals surface area (Å²) in [6, 6.07) is 6.25. The van der Waals surface area contributed by atoms with E-state index in [2.05, 4.69) is 51.4 Å². The van der Waals surface area contributed by atoms with Crippen molar-refractivity contribution < 1.29 is 4.74 Å². The number of halogens is 1. The first kappa shape index (κ1) is 24.1. The van der Waals surface area contributed by atoms with E-state index in [9.17, 15) is 0 Å². The molecule has 0 bridgehead atoms. The summed E-state index contributed by atoms with van der Waals surface area (Å²) in [4.78, 5) is 4.88. The Balaban J connectivity index is 0.00000145. The summed E-state index contributed by atoms with van der Waals surface area (Å²) < 4.78 is 8.57. The second-order valence-electron chi connectivity index (χ2n) is 7.75. The van der Waals surface area contributed by atoms with Crippen molar-refractivity contribution in [2.75, 3.05) is 0 Å². The van der Waals surface area contributed by atoms with Crippen LogP contribution in [0.1, 0.15) is 96.5 Å². The quantitative estimate of drug-likeness (QED) is 0.493. The molecule has 3 nitrogen and oxygen atoms in total. The van der Waals surface area contributed by atoms with Gasteiger partial charge in [0.2, 0.25) is 0 Å². The second kappa shape index (κ2) is 11.9. The third-order valence-corrected chi connectivity index (χ3v) is 6.16. The maximum atomic E-state index is 6.25. The van der Waals surface area contributed by atoms with Gasteiger partial charge in [-0.15, -0.1) is 0 Å². The molecule has 0 amide bonds. The predicted molar refractivity (Wildman–Crippen MR) is 126 cm³/mol. The third-order valence-electron chi connectivity index (χ3n) is 5.93. The first-order valence-corrected chi connectivity index (χ1v) is 12.0. The summed E-state index contributed by atoms with van der Waals surface area (Å²) in [5, 5.41) is 0.804. The number of rotatable bonds is 7. The van der Waals surface area contributed by atoms with Gasteiger partial charge in [0.1, 0.15) is 0 Å². The van der Waals surface area contributed by atoms with E-state index in [0.717, 1.165) is 50.0 Å². The molecule has 0 spiro atoms. The molecule has 1 aromatic heterocycles. The van der Waals surface area contributed by atoms with E-state index in [-0.39, 0.29) is 0 Å². The minimum atomic E-state index is 0.362. The van der Waals surface area contributed by atoms with Gasteiger partial charge in [-0.3, -0.25) is 0 Å². The number of ether oxygens (including phenoxy) is 1. The van der Waals surface area contributed by atoms with E-state index < -0.39 is 0 Å². The Morgan fingerprint density at radius 2 is 1.83 bits per heavy atom. The van der Waals surface area contributed by atoms with Gasteiger partial charge in [0, 0.05) is 0 Å². The van der Waals surface area contributed by atoms with E-state index in [0.29, 0.717) is 18.1 Å². The number of benzene rings is 1. The molecule has 1 aromatic carbocycles. The van der Waals surface area contributed by atoms with E-state index in [4.69, 9.17) is 21.2 Å². The summed E-state index contributed by atoms with van der Waals surface area (Å²) in [7, 11) is 2.06. The summed E-state index contributed by atoms with van der Waals surface area (Å²) in [6.45, 7) is 12.8. The first-order chi connectivity index (χ1) is 14.1. The van der Waals surface area contributed by atoms with Gasteiger partial charge >= 0.3 is 170 Å². The van der Waals surface area contributed by atoms with Crippen molar-refractivity contribution >= 4 is 18.7 Å². The second-order valence-corrected chi connectivity index (χ2v) is 8.19. The Morgan fingerprint density at radius 3 is 2.41 bits per heavy atom. The molecule has 0 aliphatic heterocycles. The van der Waals surface area contributed by atoms with Gasteiger partial charge in [-0.1, -0.05) is 13.8 Å². The van der Waals surface area contributed by atoms with Crippen molar-refractivity contribution in [3.8, 4) is 5.69 Å². The van der Waals surface area contributed by atoms with Crippen LogP contribution in [-0.2, 0) is 17.6 Å². The molecule has 1 atom stereocenters. The molecule has 1 aliphatic carbocycles. The Labute approximate surface area is 183 Å². The molecule has 1 saturated carbocycles. The molecule has 0 saturated heterocycles. The fourth-order valence-corrected chi connectivity index (χ4v) is 4.35. The van der Waals surface area contributed by atoms with Gasteiger partial charge < -0.3 is 0 Å². The number of hydrogen-bond donors (Lipinski definition) is 0. The van der Waals surface area contributed by atoms with E-state index >= 15 is 0 Å². The van der Waals surface area contributed by atoms with Crippen LogP contribution in [0.2, 0.25) is 5.02 Å². The third kappa shape index (κ3) is 5.95. The summed E-state index contributed by atoms with van der Waals surface area (Å²) in [5.41, 5.74) is 3.80. The zero-order chi connectivity index (χ0) is 21.4. The van der Waals surface area contributed by atoms with Crippen LogP contribution >= 0.6 is 11.6 Å². The standard InChI is InChI=1S/C22H32BClN2O.C2H6/c1-5-15(4)27-19-11-8-17(9-12-19)22-25-23-21(7-3)26(22)20-13-10-18(24)14-16(20)6-2;1-2/h10,13-15,17,19H,5-9,11-12H2,1-4H3;1-2H3/t15-,17?,19?;/m1./s1. The maximum absolute atomic E-state index is 6.25. The average molecular weight is 417 g/mol. The van der Waals surface area contributed by atoms with Crippen LogP contribution < -0.4 is 0 Å². The summed E-state index contributed by atoms with van der Waals surface area (Å²) >= 11 is 6.25. The van der Waals surface area contributed by atoms with Crippen LogP contribution in [0.3, 0.4) is 0 Å². The number of aromatic nitrogens is 2. The first-order valence-electron chi connectivity index (χ1n) is 11.6. The summed E-state index contributed by atoms with van der Waals surface area (Å²) in [6.07, 6.45) is 8.35. The molecule has 1 fully saturated rings. The number of aryl methyl sites for hydroxylation is 2. The van der Waals surface area contributed by atoms with Gasteiger partial charge in [0.15, 0.2) is 0 Å². The van der Waals surface area contributed by atoms with Crippen molar-refractivity contribution in [3.05, 3.63) is 40.2 Å². The zero-order valence-corrected chi connectivity index (χ0v) is 19.9. The van der Waals surface area contributed by atoms with Crippen LogP contribution in [0.25, 0.3) is 5.69 Å². The van der Waals surface area contributed by atoms with Gasteiger partial charge in [0.25, 0.3) is 0 Å². The van der Waals surface area contributed by atoms with E-state index in [1.54, 1.807) is 0 Å². The van der Waals surface area contributed by atoms with Crippen molar-refractivity contribution in [3.63, 3.8) is 0 Å². The molecule has 160 valence electrons. The van der Waals surface area contributed by atoms with Crippen LogP contribution in [0, 0.1) is 0 Å². The van der Waals surface area contributed by atoms with Gasteiger partial charge in [-0.2, -0.15) is 0 Å². The van der Waals surface area contributed by atoms with E-state index in [1.807, 2.05) is 19.9 Å². The molecule has 0 radical (unpaired) electrons. The van der Waals surface area contributed by atoms with E-state index in [1.165, 1.54) is 22.7 Å². The van der Waals surface area contributed by atoms with Crippen LogP contribution in [0.5, 0.6) is 0 Å². The van der Waals surface area contributed by atoms with Crippen molar-refractivity contribution in [1.82, 2.24) is 9.46 Å².